The van der Waals surface area contributed by atoms with Crippen LogP contribution in [0, 0.1) is 16.7 Å². The zero-order valence-corrected chi connectivity index (χ0v) is 9.05. The Bertz CT molecular complexity index is 247. The van der Waals surface area contributed by atoms with E-state index in [0.29, 0.717) is 5.41 Å². The average Bonchev–Trinajstić information content (AvgIpc) is 2.19. The highest BCUT2D eigenvalue weighted by Gasteiger charge is 2.29. The Kier molecular flexibility index (Phi) is 3.51. The normalized spacial score (nSPS) is 20.2. The first kappa shape index (κ1) is 11.0. The van der Waals surface area contributed by atoms with Crippen molar-refractivity contribution < 1.29 is 4.79 Å². The van der Waals surface area contributed by atoms with Crippen molar-refractivity contribution in [3.05, 3.63) is 0 Å². The molecule has 1 aliphatic rings. The number of carbonyl (C=O) groups is 1. The lowest BCUT2D eigenvalue weighted by atomic mass is 9.78. The molecule has 0 aromatic heterocycles. The smallest absolute Gasteiger partial charge is 0.236 e. The molecule has 0 atom stereocenters. The van der Waals surface area contributed by atoms with Crippen molar-refractivity contribution in [2.24, 2.45) is 5.41 Å². The molecule has 0 aromatic carbocycles. The van der Waals surface area contributed by atoms with Gasteiger partial charge in [0, 0.05) is 13.1 Å². The quantitative estimate of drug-likeness (QED) is 0.674. The Hall–Kier alpha value is -1.04. The number of carbonyl (C=O) groups excluding carboxylic acids is 1. The van der Waals surface area contributed by atoms with E-state index >= 15 is 0 Å². The van der Waals surface area contributed by atoms with Crippen LogP contribution in [0.15, 0.2) is 0 Å². The van der Waals surface area contributed by atoms with Crippen molar-refractivity contribution in [1.82, 2.24) is 4.90 Å². The molecule has 0 radical (unpaired) electrons. The van der Waals surface area contributed by atoms with Gasteiger partial charge in [-0.05, 0) is 18.3 Å². The van der Waals surface area contributed by atoms with E-state index < -0.39 is 0 Å². The van der Waals surface area contributed by atoms with Crippen LogP contribution in [0.1, 0.15) is 39.5 Å². The highest BCUT2D eigenvalue weighted by Crippen LogP contribution is 2.33. The molecule has 0 aliphatic carbocycles. The molecule has 0 N–H and O–H groups in total. The minimum absolute atomic E-state index is 0.00865. The lowest BCUT2D eigenvalue weighted by Crippen LogP contribution is -2.41. The summed E-state index contributed by atoms with van der Waals surface area (Å²) in [5.41, 5.74) is 0.406. The zero-order chi connectivity index (χ0) is 10.6. The van der Waals surface area contributed by atoms with Gasteiger partial charge in [0.25, 0.3) is 0 Å². The maximum absolute atomic E-state index is 11.4. The Morgan fingerprint density at radius 3 is 2.50 bits per heavy atom. The second kappa shape index (κ2) is 4.45. The van der Waals surface area contributed by atoms with Gasteiger partial charge in [-0.3, -0.25) is 4.79 Å². The maximum atomic E-state index is 11.4. The number of nitriles is 1. The number of nitrogens with zero attached hydrogens (tertiary/aromatic N) is 2. The van der Waals surface area contributed by atoms with Crippen LogP contribution in [0.4, 0.5) is 0 Å². The first-order valence-electron chi connectivity index (χ1n) is 5.26. The largest absolute Gasteiger partial charge is 0.342 e. The zero-order valence-electron chi connectivity index (χ0n) is 9.05. The molecular weight excluding hydrogens is 176 g/mol. The van der Waals surface area contributed by atoms with E-state index in [1.54, 1.807) is 0 Å². The van der Waals surface area contributed by atoms with Gasteiger partial charge in [0.2, 0.25) is 5.91 Å². The van der Waals surface area contributed by atoms with E-state index in [4.69, 9.17) is 5.26 Å². The Morgan fingerprint density at radius 2 is 2.07 bits per heavy atom. The first-order valence-corrected chi connectivity index (χ1v) is 5.26. The fourth-order valence-corrected chi connectivity index (χ4v) is 1.83. The number of piperidine rings is 1. The summed E-state index contributed by atoms with van der Waals surface area (Å²) in [5, 5.41) is 8.42. The van der Waals surface area contributed by atoms with E-state index in [0.717, 1.165) is 25.9 Å². The van der Waals surface area contributed by atoms with Gasteiger partial charge in [0.15, 0.2) is 0 Å². The number of hydrogen-bond donors (Lipinski definition) is 0. The highest BCUT2D eigenvalue weighted by atomic mass is 16.2. The van der Waals surface area contributed by atoms with E-state index in [-0.39, 0.29) is 12.3 Å². The van der Waals surface area contributed by atoms with Gasteiger partial charge in [-0.1, -0.05) is 20.3 Å². The van der Waals surface area contributed by atoms with E-state index in [2.05, 4.69) is 13.8 Å². The number of hydrogen-bond acceptors (Lipinski definition) is 2. The number of amides is 1. The predicted octanol–water partition coefficient (Wildman–Crippen LogP) is 1.94. The lowest BCUT2D eigenvalue weighted by molar-refractivity contribution is -0.132. The molecule has 0 unspecified atom stereocenters. The van der Waals surface area contributed by atoms with Crippen molar-refractivity contribution in [1.29, 1.82) is 5.26 Å². The van der Waals surface area contributed by atoms with Gasteiger partial charge in [0.05, 0.1) is 6.07 Å². The number of rotatable bonds is 2. The van der Waals surface area contributed by atoms with Crippen LogP contribution in [0.25, 0.3) is 0 Å². The van der Waals surface area contributed by atoms with Crippen LogP contribution in [-0.2, 0) is 4.79 Å². The molecule has 1 fully saturated rings. The van der Waals surface area contributed by atoms with Gasteiger partial charge in [-0.25, -0.2) is 0 Å². The second-order valence-electron chi connectivity index (χ2n) is 4.38. The third kappa shape index (κ3) is 2.47. The summed E-state index contributed by atoms with van der Waals surface area (Å²) < 4.78 is 0. The summed E-state index contributed by atoms with van der Waals surface area (Å²) in [7, 11) is 0. The van der Waals surface area contributed by atoms with Crippen molar-refractivity contribution in [2.45, 2.75) is 39.5 Å². The van der Waals surface area contributed by atoms with E-state index in [1.165, 1.54) is 6.42 Å². The third-order valence-corrected chi connectivity index (χ3v) is 3.41. The van der Waals surface area contributed by atoms with Gasteiger partial charge < -0.3 is 4.90 Å². The molecule has 1 rings (SSSR count). The molecule has 0 saturated carbocycles. The van der Waals surface area contributed by atoms with Gasteiger partial charge in [-0.2, -0.15) is 5.26 Å². The Balaban J connectivity index is 2.44. The van der Waals surface area contributed by atoms with Crippen LogP contribution in [0.5, 0.6) is 0 Å². The topological polar surface area (TPSA) is 44.1 Å². The summed E-state index contributed by atoms with van der Waals surface area (Å²) >= 11 is 0. The molecule has 1 amide bonds. The van der Waals surface area contributed by atoms with Crippen molar-refractivity contribution in [3.63, 3.8) is 0 Å². The minimum atomic E-state index is -0.00865. The molecule has 3 heteroatoms. The predicted molar refractivity (Wildman–Crippen MR) is 54.4 cm³/mol. The molecule has 1 heterocycles. The first-order chi connectivity index (χ1) is 6.61. The van der Waals surface area contributed by atoms with Crippen molar-refractivity contribution in [2.75, 3.05) is 13.1 Å². The fourth-order valence-electron chi connectivity index (χ4n) is 1.83. The molecule has 0 bridgehead atoms. The van der Waals surface area contributed by atoms with Crippen LogP contribution >= 0.6 is 0 Å². The van der Waals surface area contributed by atoms with E-state index in [9.17, 15) is 4.79 Å². The van der Waals surface area contributed by atoms with Gasteiger partial charge in [0.1, 0.15) is 6.42 Å². The van der Waals surface area contributed by atoms with Crippen LogP contribution in [0.3, 0.4) is 0 Å². The second-order valence-corrected chi connectivity index (χ2v) is 4.38. The van der Waals surface area contributed by atoms with E-state index in [1.807, 2.05) is 11.0 Å². The molecule has 1 aliphatic heterocycles. The van der Waals surface area contributed by atoms with Gasteiger partial charge in [-0.15, -0.1) is 0 Å². The summed E-state index contributed by atoms with van der Waals surface area (Å²) in [4.78, 5) is 13.2. The maximum Gasteiger partial charge on any atom is 0.236 e. The Morgan fingerprint density at radius 1 is 1.50 bits per heavy atom. The number of likely N-dealkylation sites (tertiary alicyclic amines) is 1. The van der Waals surface area contributed by atoms with Crippen LogP contribution < -0.4 is 0 Å². The minimum Gasteiger partial charge on any atom is -0.342 e. The fraction of sp³-hybridized carbons (Fsp3) is 0.818. The van der Waals surface area contributed by atoms with Crippen molar-refractivity contribution >= 4 is 5.91 Å². The summed E-state index contributed by atoms with van der Waals surface area (Å²) in [6, 6.07) is 1.91. The molecular formula is C11H18N2O. The highest BCUT2D eigenvalue weighted by molar-refractivity contribution is 5.78. The van der Waals surface area contributed by atoms with Gasteiger partial charge >= 0.3 is 0 Å². The molecule has 14 heavy (non-hydrogen) atoms. The molecule has 0 spiro atoms. The van der Waals surface area contributed by atoms with Crippen molar-refractivity contribution in [3.8, 4) is 6.07 Å². The van der Waals surface area contributed by atoms with Crippen LogP contribution in [0.2, 0.25) is 0 Å². The third-order valence-electron chi connectivity index (χ3n) is 3.41. The summed E-state index contributed by atoms with van der Waals surface area (Å²) in [5.74, 6) is -0.00865. The average molecular weight is 194 g/mol. The lowest BCUT2D eigenvalue weighted by Gasteiger charge is -2.38. The molecule has 1 saturated heterocycles. The Labute approximate surface area is 85.7 Å². The van der Waals surface area contributed by atoms with Crippen LogP contribution in [-0.4, -0.2) is 23.9 Å². The monoisotopic (exact) mass is 194 g/mol. The summed E-state index contributed by atoms with van der Waals surface area (Å²) in [6.45, 7) is 6.13. The SMILES string of the molecule is CCC1(C)CCN(C(=O)CC#N)CC1. The molecule has 3 nitrogen and oxygen atoms in total. The molecule has 0 aromatic rings. The standard InChI is InChI=1S/C11H18N2O/c1-3-11(2)5-8-13(9-6-11)10(14)4-7-12/h3-6,8-9H2,1-2H3. The summed E-state index contributed by atoms with van der Waals surface area (Å²) in [6.07, 6.45) is 3.34. The molecule has 78 valence electrons.